The van der Waals surface area contributed by atoms with Gasteiger partial charge in [-0.3, -0.25) is 9.48 Å². The molecule has 7 heteroatoms. The van der Waals surface area contributed by atoms with Gasteiger partial charge in [-0.15, -0.1) is 11.3 Å². The Kier molecular flexibility index (Phi) is 6.36. The topological polar surface area (TPSA) is 44.2 Å². The minimum Gasteiger partial charge on any atom is -0.313 e. The van der Waals surface area contributed by atoms with Gasteiger partial charge in [-0.05, 0) is 67.1 Å². The second-order valence-electron chi connectivity index (χ2n) is 9.64. The molecule has 2 heterocycles. The first-order valence-corrected chi connectivity index (χ1v) is 13.1. The molecule has 2 aromatic heterocycles. The third-order valence-corrected chi connectivity index (χ3v) is 8.45. The van der Waals surface area contributed by atoms with E-state index in [1.165, 1.54) is 18.6 Å². The van der Waals surface area contributed by atoms with Crippen molar-refractivity contribution in [2.24, 2.45) is 23.9 Å². The molecule has 3 atom stereocenters. The van der Waals surface area contributed by atoms with Gasteiger partial charge in [0.05, 0.1) is 17.1 Å². The number of thiazole rings is 1. The molecule has 0 spiro atoms. The molecule has 5 nitrogen and oxygen atoms in total. The van der Waals surface area contributed by atoms with Crippen LogP contribution in [0.4, 0.5) is 10.1 Å². The number of rotatable bonds is 4. The van der Waals surface area contributed by atoms with Gasteiger partial charge in [0.15, 0.2) is 10.5 Å². The number of hydrogen-bond acceptors (Lipinski definition) is 3. The van der Waals surface area contributed by atoms with Crippen LogP contribution in [0.15, 0.2) is 69.8 Å². The van der Waals surface area contributed by atoms with Crippen molar-refractivity contribution >= 4 is 17.0 Å². The molecule has 2 aromatic carbocycles. The molecule has 0 radical (unpaired) electrons. The maximum atomic E-state index is 13.7. The quantitative estimate of drug-likeness (QED) is 0.327. The lowest BCUT2D eigenvalue weighted by atomic mass is 9.78. The number of aromatic nitrogens is 3. The molecule has 0 bridgehead atoms. The molecule has 0 N–H and O–H groups in total. The van der Waals surface area contributed by atoms with Crippen molar-refractivity contribution in [2.45, 2.75) is 46.1 Å². The molecule has 5 rings (SSSR count). The summed E-state index contributed by atoms with van der Waals surface area (Å²) in [6, 6.07) is 16.6. The molecular formula is C28H31FN4OS. The highest BCUT2D eigenvalue weighted by Crippen LogP contribution is 2.39. The van der Waals surface area contributed by atoms with E-state index in [1.807, 2.05) is 61.1 Å². The second-order valence-corrected chi connectivity index (χ2v) is 10.5. The monoisotopic (exact) mass is 490 g/mol. The average molecular weight is 491 g/mol. The van der Waals surface area contributed by atoms with E-state index in [0.29, 0.717) is 17.5 Å². The fraction of sp³-hybridized carbons (Fsp3) is 0.357. The van der Waals surface area contributed by atoms with E-state index in [1.54, 1.807) is 16.0 Å². The van der Waals surface area contributed by atoms with E-state index in [9.17, 15) is 9.18 Å². The van der Waals surface area contributed by atoms with Crippen molar-refractivity contribution in [3.63, 3.8) is 0 Å². The molecule has 0 saturated heterocycles. The lowest BCUT2D eigenvalue weighted by Gasteiger charge is -2.36. The number of hydrogen-bond donors (Lipinski definition) is 0. The zero-order valence-electron chi connectivity index (χ0n) is 20.6. The third kappa shape index (κ3) is 4.22. The SMILES string of the molecule is Cc1c(N=c2scc(-c3ccc(F)cc3)n2C2CCCC(C)C2C)c(=O)n(-c2ccccc2)n1C. The van der Waals surface area contributed by atoms with Gasteiger partial charge in [0.25, 0.3) is 5.56 Å². The zero-order valence-corrected chi connectivity index (χ0v) is 21.4. The highest BCUT2D eigenvalue weighted by molar-refractivity contribution is 7.07. The Morgan fingerprint density at radius 1 is 1.03 bits per heavy atom. The summed E-state index contributed by atoms with van der Waals surface area (Å²) in [5.74, 6) is 0.819. The molecule has 182 valence electrons. The van der Waals surface area contributed by atoms with Gasteiger partial charge in [0.2, 0.25) is 0 Å². The molecule has 3 unspecified atom stereocenters. The van der Waals surface area contributed by atoms with Crippen molar-refractivity contribution in [3.05, 3.63) is 86.6 Å². The minimum absolute atomic E-state index is 0.135. The Labute approximate surface area is 208 Å². The molecule has 1 aliphatic rings. The number of nitrogens with zero attached hydrogens (tertiary/aromatic N) is 4. The lowest BCUT2D eigenvalue weighted by molar-refractivity contribution is 0.185. The van der Waals surface area contributed by atoms with Crippen molar-refractivity contribution in [2.75, 3.05) is 0 Å². The first kappa shape index (κ1) is 23.5. The van der Waals surface area contributed by atoms with Crippen molar-refractivity contribution in [3.8, 4) is 16.9 Å². The van der Waals surface area contributed by atoms with E-state index < -0.39 is 0 Å². The summed E-state index contributed by atoms with van der Waals surface area (Å²) in [7, 11) is 1.89. The van der Waals surface area contributed by atoms with Crippen LogP contribution >= 0.6 is 11.3 Å². The third-order valence-electron chi connectivity index (χ3n) is 7.61. The fourth-order valence-corrected chi connectivity index (χ4v) is 6.21. The molecule has 35 heavy (non-hydrogen) atoms. The zero-order chi connectivity index (χ0) is 24.7. The van der Waals surface area contributed by atoms with E-state index in [0.717, 1.165) is 40.3 Å². The Hall–Kier alpha value is -3.19. The van der Waals surface area contributed by atoms with E-state index in [4.69, 9.17) is 4.99 Å². The van der Waals surface area contributed by atoms with Crippen LogP contribution in [0.3, 0.4) is 0 Å². The lowest BCUT2D eigenvalue weighted by Crippen LogP contribution is -2.32. The van der Waals surface area contributed by atoms with Crippen molar-refractivity contribution in [1.82, 2.24) is 13.9 Å². The highest BCUT2D eigenvalue weighted by Gasteiger charge is 2.31. The second kappa shape index (κ2) is 9.46. The van der Waals surface area contributed by atoms with Gasteiger partial charge in [0, 0.05) is 18.5 Å². The maximum absolute atomic E-state index is 13.7. The molecular weight excluding hydrogens is 459 g/mol. The van der Waals surface area contributed by atoms with Crippen LogP contribution in [0, 0.1) is 24.6 Å². The highest BCUT2D eigenvalue weighted by atomic mass is 32.1. The Morgan fingerprint density at radius 2 is 1.74 bits per heavy atom. The number of para-hydroxylation sites is 1. The summed E-state index contributed by atoms with van der Waals surface area (Å²) < 4.78 is 19.5. The summed E-state index contributed by atoms with van der Waals surface area (Å²) in [5.41, 5.74) is 3.92. The van der Waals surface area contributed by atoms with Crippen molar-refractivity contribution < 1.29 is 4.39 Å². The summed E-state index contributed by atoms with van der Waals surface area (Å²) >= 11 is 1.54. The predicted octanol–water partition coefficient (Wildman–Crippen LogP) is 6.38. The first-order chi connectivity index (χ1) is 16.9. The Balaban J connectivity index is 1.72. The van der Waals surface area contributed by atoms with Crippen LogP contribution in [-0.4, -0.2) is 13.9 Å². The van der Waals surface area contributed by atoms with Crippen LogP contribution in [0.2, 0.25) is 0 Å². The standard InChI is InChI=1S/C28H31FN4OS/c1-18-9-8-12-24(19(18)2)32-25(21-13-15-22(29)16-14-21)17-35-28(32)30-26-20(3)31(4)33(27(26)34)23-10-6-5-7-11-23/h5-7,10-11,13-19,24H,8-9,12H2,1-4H3. The van der Waals surface area contributed by atoms with Gasteiger partial charge < -0.3 is 4.57 Å². The molecule has 4 aromatic rings. The van der Waals surface area contributed by atoms with Crippen LogP contribution < -0.4 is 10.4 Å². The largest absolute Gasteiger partial charge is 0.313 e. The van der Waals surface area contributed by atoms with Gasteiger partial charge in [-0.2, -0.15) is 0 Å². The molecule has 1 aliphatic carbocycles. The molecule has 1 fully saturated rings. The fourth-order valence-electron chi connectivity index (χ4n) is 5.25. The minimum atomic E-state index is -0.249. The van der Waals surface area contributed by atoms with Gasteiger partial charge in [-0.1, -0.05) is 44.9 Å². The van der Waals surface area contributed by atoms with Gasteiger partial charge >= 0.3 is 0 Å². The molecule has 0 aliphatic heterocycles. The number of halogens is 1. The van der Waals surface area contributed by atoms with E-state index in [2.05, 4.69) is 23.8 Å². The summed E-state index contributed by atoms with van der Waals surface area (Å²) in [5, 5.41) is 2.09. The summed E-state index contributed by atoms with van der Waals surface area (Å²) in [6.45, 7) is 6.56. The predicted molar refractivity (Wildman–Crippen MR) is 140 cm³/mol. The van der Waals surface area contributed by atoms with Crippen LogP contribution in [0.25, 0.3) is 16.9 Å². The molecule has 0 amide bonds. The summed E-state index contributed by atoms with van der Waals surface area (Å²) in [6.07, 6.45) is 3.44. The smallest absolute Gasteiger partial charge is 0.297 e. The maximum Gasteiger partial charge on any atom is 0.297 e. The Bertz CT molecular complexity index is 1460. The molecule has 1 saturated carbocycles. The van der Waals surface area contributed by atoms with Crippen LogP contribution in [0.5, 0.6) is 0 Å². The Morgan fingerprint density at radius 3 is 2.46 bits per heavy atom. The van der Waals surface area contributed by atoms with Crippen molar-refractivity contribution in [1.29, 1.82) is 0 Å². The summed E-state index contributed by atoms with van der Waals surface area (Å²) in [4.78, 5) is 19.3. The van der Waals surface area contributed by atoms with Crippen LogP contribution in [0.1, 0.15) is 44.8 Å². The van der Waals surface area contributed by atoms with E-state index in [-0.39, 0.29) is 17.4 Å². The normalized spacial score (nSPS) is 20.9. The van der Waals surface area contributed by atoms with Gasteiger partial charge in [0.1, 0.15) is 5.82 Å². The van der Waals surface area contributed by atoms with Gasteiger partial charge in [-0.25, -0.2) is 14.1 Å². The van der Waals surface area contributed by atoms with E-state index >= 15 is 0 Å². The van der Waals surface area contributed by atoms with Crippen LogP contribution in [-0.2, 0) is 7.05 Å². The average Bonchev–Trinajstić information content (AvgIpc) is 3.36. The first-order valence-electron chi connectivity index (χ1n) is 12.2. The number of benzene rings is 2.